The smallest absolute Gasteiger partial charge is 0.200 e. The third-order valence-corrected chi connectivity index (χ3v) is 4.34. The van der Waals surface area contributed by atoms with Gasteiger partial charge in [0.15, 0.2) is 16.3 Å². The highest BCUT2D eigenvalue weighted by atomic mass is 32.1. The van der Waals surface area contributed by atoms with E-state index < -0.39 is 5.75 Å². The number of hydrogen-bond acceptors (Lipinski definition) is 7. The van der Waals surface area contributed by atoms with E-state index in [1.54, 1.807) is 6.07 Å². The molecule has 0 amide bonds. The van der Waals surface area contributed by atoms with E-state index >= 15 is 0 Å². The Kier molecular flexibility index (Phi) is 3.58. The number of nitrogens with zero attached hydrogens (tertiary/aromatic N) is 2. The number of nitrogens with one attached hydrogen (secondary N) is 2. The molecule has 0 bridgehead atoms. The molecule has 0 saturated carbocycles. The highest BCUT2D eigenvalue weighted by Gasteiger charge is 2.16. The number of phenols is 3. The van der Waals surface area contributed by atoms with Crippen molar-refractivity contribution in [3.8, 4) is 28.5 Å². The van der Waals surface area contributed by atoms with Crippen LogP contribution in [0.2, 0.25) is 0 Å². The van der Waals surface area contributed by atoms with Crippen molar-refractivity contribution >= 4 is 11.3 Å². The lowest BCUT2D eigenvalue weighted by Crippen LogP contribution is -2.30. The third-order valence-electron chi connectivity index (χ3n) is 3.41. The second kappa shape index (κ2) is 5.40. The zero-order valence-corrected chi connectivity index (χ0v) is 12.2. The van der Waals surface area contributed by atoms with Gasteiger partial charge in [0, 0.05) is 24.5 Å². The fourth-order valence-electron chi connectivity index (χ4n) is 2.21. The molecule has 3 rings (SSSR count). The number of aromatic nitrogens is 1. The van der Waals surface area contributed by atoms with Gasteiger partial charge in [0.1, 0.15) is 6.17 Å². The number of phenolic OH excluding ortho intramolecular Hbond substituents is 3. The zero-order valence-electron chi connectivity index (χ0n) is 11.4. The molecule has 1 unspecified atom stereocenters. The minimum absolute atomic E-state index is 0.0320. The van der Waals surface area contributed by atoms with Gasteiger partial charge in [-0.1, -0.05) is 0 Å². The number of hydrazine groups is 1. The molecule has 8 heteroatoms. The van der Waals surface area contributed by atoms with Crippen molar-refractivity contribution < 1.29 is 15.3 Å². The van der Waals surface area contributed by atoms with E-state index in [-0.39, 0.29) is 17.7 Å². The number of benzene rings is 1. The maximum atomic E-state index is 9.98. The highest BCUT2D eigenvalue weighted by Crippen LogP contribution is 2.41. The van der Waals surface area contributed by atoms with Crippen molar-refractivity contribution in [1.82, 2.24) is 15.4 Å². The van der Waals surface area contributed by atoms with Gasteiger partial charge in [-0.05, 0) is 18.6 Å². The predicted molar refractivity (Wildman–Crippen MR) is 78.8 cm³/mol. The van der Waals surface area contributed by atoms with Crippen LogP contribution in [-0.4, -0.2) is 32.6 Å². The van der Waals surface area contributed by atoms with Crippen molar-refractivity contribution in [2.75, 3.05) is 6.54 Å². The maximum absolute atomic E-state index is 9.98. The van der Waals surface area contributed by atoms with Crippen LogP contribution in [0.3, 0.4) is 0 Å². The summed E-state index contributed by atoms with van der Waals surface area (Å²) in [5, 5.41) is 30.8. The van der Waals surface area contributed by atoms with Crippen molar-refractivity contribution in [2.45, 2.75) is 12.6 Å². The SMILES string of the molecule is Cn1c(-c2ccc(O)c(O)c2O)cs/c1=N\C1CCNN1. The first kappa shape index (κ1) is 13.9. The first-order valence-corrected chi connectivity index (χ1v) is 7.37. The van der Waals surface area contributed by atoms with Crippen LogP contribution in [0.5, 0.6) is 17.2 Å². The molecular weight excluding hydrogens is 292 g/mol. The van der Waals surface area contributed by atoms with Crippen molar-refractivity contribution in [3.05, 3.63) is 22.3 Å². The average molecular weight is 308 g/mol. The number of hydrogen-bond donors (Lipinski definition) is 5. The fraction of sp³-hybridized carbons (Fsp3) is 0.308. The largest absolute Gasteiger partial charge is 0.504 e. The molecule has 7 nitrogen and oxygen atoms in total. The van der Waals surface area contributed by atoms with Gasteiger partial charge in [0.05, 0.1) is 5.69 Å². The lowest BCUT2D eigenvalue weighted by atomic mass is 10.1. The number of thiazole rings is 1. The zero-order chi connectivity index (χ0) is 15.0. The summed E-state index contributed by atoms with van der Waals surface area (Å²) in [7, 11) is 1.84. The minimum Gasteiger partial charge on any atom is -0.504 e. The maximum Gasteiger partial charge on any atom is 0.200 e. The van der Waals surface area contributed by atoms with Crippen LogP contribution < -0.4 is 15.7 Å². The Morgan fingerprint density at radius 3 is 2.81 bits per heavy atom. The first-order chi connectivity index (χ1) is 10.1. The van der Waals surface area contributed by atoms with Crippen LogP contribution >= 0.6 is 11.3 Å². The van der Waals surface area contributed by atoms with Gasteiger partial charge in [-0.3, -0.25) is 5.43 Å². The fourth-order valence-corrected chi connectivity index (χ4v) is 3.15. The Labute approximate surface area is 124 Å². The molecule has 1 atom stereocenters. The quantitative estimate of drug-likeness (QED) is 0.523. The number of rotatable bonds is 2. The molecule has 0 aliphatic carbocycles. The summed E-state index contributed by atoms with van der Waals surface area (Å²) in [5.74, 6) is -1.20. The molecule has 1 aromatic carbocycles. The van der Waals surface area contributed by atoms with Crippen LogP contribution in [0.1, 0.15) is 6.42 Å². The summed E-state index contributed by atoms with van der Waals surface area (Å²) >= 11 is 1.45. The first-order valence-electron chi connectivity index (χ1n) is 6.49. The molecule has 1 aromatic heterocycles. The third kappa shape index (κ3) is 2.48. The lowest BCUT2D eigenvalue weighted by Gasteiger charge is -2.08. The standard InChI is InChI=1S/C13H16N4O3S/c1-17-8(7-2-3-9(18)12(20)11(7)19)6-21-13(17)15-10-4-5-14-16-10/h2-3,6,10,14,16,18-20H,4-5H2,1H3/b15-13-. The average Bonchev–Trinajstić information content (AvgIpc) is 3.09. The van der Waals surface area contributed by atoms with E-state index in [4.69, 9.17) is 0 Å². The van der Waals surface area contributed by atoms with Crippen LogP contribution in [0, 0.1) is 0 Å². The number of aromatic hydroxyl groups is 3. The Bertz CT molecular complexity index is 732. The van der Waals surface area contributed by atoms with Gasteiger partial charge in [0.25, 0.3) is 0 Å². The summed E-state index contributed by atoms with van der Waals surface area (Å²) < 4.78 is 1.84. The van der Waals surface area contributed by atoms with Crippen LogP contribution in [0.15, 0.2) is 22.5 Å². The lowest BCUT2D eigenvalue weighted by molar-refractivity contribution is 0.369. The Hall–Kier alpha value is -2.03. The highest BCUT2D eigenvalue weighted by molar-refractivity contribution is 7.07. The van der Waals surface area contributed by atoms with Crippen molar-refractivity contribution in [1.29, 1.82) is 0 Å². The monoisotopic (exact) mass is 308 g/mol. The van der Waals surface area contributed by atoms with Crippen molar-refractivity contribution in [3.63, 3.8) is 0 Å². The van der Waals surface area contributed by atoms with Crippen LogP contribution in [-0.2, 0) is 7.05 Å². The summed E-state index contributed by atoms with van der Waals surface area (Å²) in [4.78, 5) is 5.39. The topological polar surface area (TPSA) is 102 Å². The molecule has 2 heterocycles. The second-order valence-corrected chi connectivity index (χ2v) is 5.63. The molecule has 21 heavy (non-hydrogen) atoms. The summed E-state index contributed by atoms with van der Waals surface area (Å²) in [6, 6.07) is 2.91. The Balaban J connectivity index is 2.05. The molecule has 5 N–H and O–H groups in total. The summed E-state index contributed by atoms with van der Waals surface area (Å²) in [6.07, 6.45) is 0.947. The Morgan fingerprint density at radius 2 is 2.10 bits per heavy atom. The predicted octanol–water partition coefficient (Wildman–Crippen LogP) is 0.595. The molecule has 0 spiro atoms. The van der Waals surface area contributed by atoms with Gasteiger partial charge in [-0.2, -0.15) is 0 Å². The van der Waals surface area contributed by atoms with Crippen molar-refractivity contribution in [2.24, 2.45) is 12.0 Å². The van der Waals surface area contributed by atoms with Gasteiger partial charge in [-0.25, -0.2) is 10.4 Å². The van der Waals surface area contributed by atoms with Crippen LogP contribution in [0.4, 0.5) is 0 Å². The summed E-state index contributed by atoms with van der Waals surface area (Å²) in [5.41, 5.74) is 7.25. The van der Waals surface area contributed by atoms with E-state index in [2.05, 4.69) is 15.8 Å². The summed E-state index contributed by atoms with van der Waals surface area (Å²) in [6.45, 7) is 0.878. The Morgan fingerprint density at radius 1 is 1.29 bits per heavy atom. The van der Waals surface area contributed by atoms with Crippen LogP contribution in [0.25, 0.3) is 11.3 Å². The molecule has 112 valence electrons. The normalized spacial score (nSPS) is 19.3. The molecule has 1 saturated heterocycles. The van der Waals surface area contributed by atoms with Gasteiger partial charge in [0.2, 0.25) is 5.75 Å². The molecule has 1 aliphatic heterocycles. The molecule has 1 aliphatic rings. The van der Waals surface area contributed by atoms with E-state index in [1.807, 2.05) is 17.0 Å². The molecule has 2 aromatic rings. The molecule has 1 fully saturated rings. The van der Waals surface area contributed by atoms with E-state index in [0.29, 0.717) is 5.56 Å². The second-order valence-electron chi connectivity index (χ2n) is 4.80. The molecule has 0 radical (unpaired) electrons. The minimum atomic E-state index is -0.515. The molecular formula is C13H16N4O3S. The van der Waals surface area contributed by atoms with E-state index in [9.17, 15) is 15.3 Å². The van der Waals surface area contributed by atoms with E-state index in [1.165, 1.54) is 17.4 Å². The van der Waals surface area contributed by atoms with Gasteiger partial charge >= 0.3 is 0 Å². The van der Waals surface area contributed by atoms with E-state index in [0.717, 1.165) is 23.5 Å². The van der Waals surface area contributed by atoms with Gasteiger partial charge < -0.3 is 19.9 Å². The van der Waals surface area contributed by atoms with Gasteiger partial charge in [-0.15, -0.1) is 11.3 Å².